The highest BCUT2D eigenvalue weighted by Gasteiger charge is 2.34. The van der Waals surface area contributed by atoms with E-state index in [9.17, 15) is 17.6 Å². The van der Waals surface area contributed by atoms with Gasteiger partial charge in [-0.05, 0) is 73.6 Å². The molecule has 10 heteroatoms. The number of anilines is 1. The van der Waals surface area contributed by atoms with Gasteiger partial charge in [0.15, 0.2) is 5.11 Å². The summed E-state index contributed by atoms with van der Waals surface area (Å²) in [5.74, 6) is -0.364. The molecule has 39 heavy (non-hydrogen) atoms. The minimum Gasteiger partial charge on any atom is -0.376 e. The van der Waals surface area contributed by atoms with Crippen molar-refractivity contribution in [2.24, 2.45) is 0 Å². The average molecular weight is 555 g/mol. The molecule has 1 saturated heterocycles. The third-order valence-electron chi connectivity index (χ3n) is 6.50. The van der Waals surface area contributed by atoms with E-state index in [4.69, 9.17) is 22.1 Å². The van der Waals surface area contributed by atoms with E-state index in [1.807, 2.05) is 36.5 Å². The Labute approximate surface area is 229 Å². The Hall–Kier alpha value is -3.76. The first kappa shape index (κ1) is 26.8. The van der Waals surface area contributed by atoms with E-state index in [1.165, 1.54) is 30.3 Å². The molecule has 0 saturated carbocycles. The summed E-state index contributed by atoms with van der Waals surface area (Å²) in [4.78, 5) is 1.80. The van der Waals surface area contributed by atoms with Crippen LogP contribution in [-0.2, 0) is 17.5 Å². The summed E-state index contributed by atoms with van der Waals surface area (Å²) in [5.41, 5.74) is 2.02. The number of halogens is 4. The number of nitrogens with one attached hydrogen (secondary N) is 1. The van der Waals surface area contributed by atoms with Crippen LogP contribution in [0.1, 0.15) is 24.0 Å². The maximum Gasteiger partial charge on any atom is 0.418 e. The molecule has 1 atom stereocenters. The maximum atomic E-state index is 13.7. The number of aromatic nitrogens is 2. The molecule has 0 radical (unpaired) electrons. The Balaban J connectivity index is 1.50. The van der Waals surface area contributed by atoms with Crippen LogP contribution in [0.2, 0.25) is 0 Å². The molecule has 2 heterocycles. The second kappa shape index (κ2) is 11.5. The number of benzene rings is 3. The van der Waals surface area contributed by atoms with Gasteiger partial charge in [-0.25, -0.2) is 9.07 Å². The Kier molecular flexibility index (Phi) is 7.94. The highest BCUT2D eigenvalue weighted by molar-refractivity contribution is 7.80. The number of thiocarbonyl (C=S) groups is 1. The van der Waals surface area contributed by atoms with Crippen molar-refractivity contribution in [1.29, 1.82) is 0 Å². The summed E-state index contributed by atoms with van der Waals surface area (Å²) in [6.07, 6.45) is -1.05. The largest absolute Gasteiger partial charge is 0.418 e. The molecule has 4 aromatic rings. The van der Waals surface area contributed by atoms with E-state index in [2.05, 4.69) is 5.32 Å². The van der Waals surface area contributed by atoms with Crippen LogP contribution in [0.3, 0.4) is 0 Å². The lowest BCUT2D eigenvalue weighted by atomic mass is 10.1. The van der Waals surface area contributed by atoms with E-state index in [1.54, 1.807) is 21.7 Å². The van der Waals surface area contributed by atoms with Crippen LogP contribution in [0, 0.1) is 5.82 Å². The van der Waals surface area contributed by atoms with Crippen molar-refractivity contribution in [3.63, 3.8) is 0 Å². The first-order valence-corrected chi connectivity index (χ1v) is 12.9. The minimum absolute atomic E-state index is 0.110. The molecule has 1 aliphatic rings. The molecule has 1 aliphatic heterocycles. The zero-order valence-electron chi connectivity index (χ0n) is 20.9. The fourth-order valence-corrected chi connectivity index (χ4v) is 4.83. The number of para-hydroxylation sites is 2. The van der Waals surface area contributed by atoms with Crippen molar-refractivity contribution < 1.29 is 22.3 Å². The third kappa shape index (κ3) is 6.46. The molecule has 3 aromatic carbocycles. The van der Waals surface area contributed by atoms with Crippen LogP contribution >= 0.6 is 12.2 Å². The summed E-state index contributed by atoms with van der Waals surface area (Å²) in [7, 11) is 0. The van der Waals surface area contributed by atoms with Crippen LogP contribution in [0.25, 0.3) is 16.9 Å². The van der Waals surface area contributed by atoms with Gasteiger partial charge in [0.1, 0.15) is 5.82 Å². The number of rotatable bonds is 7. The number of alkyl halides is 3. The van der Waals surface area contributed by atoms with Crippen molar-refractivity contribution in [3.8, 4) is 16.9 Å². The van der Waals surface area contributed by atoms with Gasteiger partial charge in [-0.2, -0.15) is 18.3 Å². The Morgan fingerprint density at radius 2 is 1.74 bits per heavy atom. The van der Waals surface area contributed by atoms with Gasteiger partial charge in [0.05, 0.1) is 28.7 Å². The van der Waals surface area contributed by atoms with Crippen LogP contribution in [0.4, 0.5) is 23.2 Å². The third-order valence-corrected chi connectivity index (χ3v) is 6.86. The average Bonchev–Trinajstić information content (AvgIpc) is 3.59. The SMILES string of the molecule is Fc1ccc(-c2nn(-c3ccccc3)cc2CN(CC2CCCO2)C(=S)Nc2ccccc2C(F)(F)F)cc1. The normalized spacial score (nSPS) is 15.3. The zero-order chi connectivity index (χ0) is 27.4. The maximum absolute atomic E-state index is 13.7. The molecule has 1 aromatic heterocycles. The lowest BCUT2D eigenvalue weighted by molar-refractivity contribution is -0.136. The molecule has 5 nitrogen and oxygen atoms in total. The van der Waals surface area contributed by atoms with E-state index in [-0.39, 0.29) is 29.3 Å². The molecule has 0 aliphatic carbocycles. The Morgan fingerprint density at radius 3 is 2.44 bits per heavy atom. The molecule has 1 unspecified atom stereocenters. The quantitative estimate of drug-likeness (QED) is 0.195. The number of nitrogens with zero attached hydrogens (tertiary/aromatic N) is 3. The summed E-state index contributed by atoms with van der Waals surface area (Å²) < 4.78 is 62.2. The first-order chi connectivity index (χ1) is 18.8. The van der Waals surface area contributed by atoms with Crippen LogP contribution in [0.15, 0.2) is 85.1 Å². The van der Waals surface area contributed by atoms with Crippen molar-refractivity contribution in [1.82, 2.24) is 14.7 Å². The second-order valence-electron chi connectivity index (χ2n) is 9.28. The lowest BCUT2D eigenvalue weighted by Gasteiger charge is -2.29. The van der Waals surface area contributed by atoms with Crippen LogP contribution in [-0.4, -0.2) is 39.0 Å². The predicted octanol–water partition coefficient (Wildman–Crippen LogP) is 7.08. The van der Waals surface area contributed by atoms with Gasteiger partial charge in [0.2, 0.25) is 0 Å². The van der Waals surface area contributed by atoms with Gasteiger partial charge < -0.3 is 15.0 Å². The van der Waals surface area contributed by atoms with E-state index in [0.717, 1.165) is 30.2 Å². The van der Waals surface area contributed by atoms with Crippen molar-refractivity contribution >= 4 is 23.0 Å². The highest BCUT2D eigenvalue weighted by Crippen LogP contribution is 2.35. The molecule has 0 amide bonds. The molecular formula is C29H26F4N4OS. The molecule has 0 spiro atoms. The van der Waals surface area contributed by atoms with Gasteiger partial charge in [-0.1, -0.05) is 30.3 Å². The topological polar surface area (TPSA) is 42.3 Å². The van der Waals surface area contributed by atoms with Gasteiger partial charge in [-0.15, -0.1) is 0 Å². The van der Waals surface area contributed by atoms with Crippen molar-refractivity contribution in [2.45, 2.75) is 31.7 Å². The number of hydrogen-bond donors (Lipinski definition) is 1. The monoisotopic (exact) mass is 554 g/mol. The molecular weight excluding hydrogens is 528 g/mol. The molecule has 5 rings (SSSR count). The Bertz CT molecular complexity index is 1420. The summed E-state index contributed by atoms with van der Waals surface area (Å²) in [6.45, 7) is 1.27. The van der Waals surface area contributed by atoms with Gasteiger partial charge in [-0.3, -0.25) is 0 Å². The summed E-state index contributed by atoms with van der Waals surface area (Å²) in [6, 6.07) is 20.8. The predicted molar refractivity (Wildman–Crippen MR) is 146 cm³/mol. The minimum atomic E-state index is -4.54. The van der Waals surface area contributed by atoms with Gasteiger partial charge in [0.25, 0.3) is 0 Å². The summed E-state index contributed by atoms with van der Waals surface area (Å²) in [5, 5.41) is 7.74. The fraction of sp³-hybridized carbons (Fsp3) is 0.241. The van der Waals surface area contributed by atoms with Crippen LogP contribution < -0.4 is 5.32 Å². The van der Waals surface area contributed by atoms with Gasteiger partial charge in [0, 0.05) is 37.0 Å². The molecule has 202 valence electrons. The second-order valence-corrected chi connectivity index (χ2v) is 9.67. The summed E-state index contributed by atoms with van der Waals surface area (Å²) >= 11 is 5.67. The van der Waals surface area contributed by atoms with Crippen molar-refractivity contribution in [3.05, 3.63) is 102 Å². The molecule has 1 fully saturated rings. The highest BCUT2D eigenvalue weighted by atomic mass is 32.1. The first-order valence-electron chi connectivity index (χ1n) is 12.5. The standard InChI is InChI=1S/C29H26F4N4OS/c30-22-14-12-20(13-15-22)27-21(18-37(35-27)23-7-2-1-3-8-23)17-36(19-24-9-6-16-38-24)28(39)34-26-11-5-4-10-25(26)29(31,32)33/h1-5,7-8,10-15,18,24H,6,9,16-17,19H2,(H,34,39). The van der Waals surface area contributed by atoms with E-state index < -0.39 is 11.7 Å². The number of ether oxygens (including phenoxy) is 1. The Morgan fingerprint density at radius 1 is 1.03 bits per heavy atom. The van der Waals surface area contributed by atoms with Gasteiger partial charge >= 0.3 is 6.18 Å². The number of hydrogen-bond acceptors (Lipinski definition) is 3. The molecule has 1 N–H and O–H groups in total. The van der Waals surface area contributed by atoms with E-state index >= 15 is 0 Å². The fourth-order valence-electron chi connectivity index (χ4n) is 4.58. The lowest BCUT2D eigenvalue weighted by Crippen LogP contribution is -2.39. The van der Waals surface area contributed by atoms with Crippen molar-refractivity contribution in [2.75, 3.05) is 18.5 Å². The zero-order valence-corrected chi connectivity index (χ0v) is 21.7. The van der Waals surface area contributed by atoms with E-state index in [0.29, 0.717) is 24.4 Å². The smallest absolute Gasteiger partial charge is 0.376 e. The molecule has 0 bridgehead atoms. The van der Waals surface area contributed by atoms with Crippen LogP contribution in [0.5, 0.6) is 0 Å².